The van der Waals surface area contributed by atoms with E-state index < -0.39 is 10.0 Å². The Labute approximate surface area is 197 Å². The second-order valence-electron chi connectivity index (χ2n) is 7.01. The standard InChI is InChI=1S/C23H22Cl2N2O4S/c1-3-16-6-4-5-15(2)23(16)26-22(28)14-31-18-8-10-19(11-9-18)32(29,30)27-17-7-12-20(24)21(25)13-17/h4-13,27H,3,14H2,1-2H3,(H,26,28). The molecule has 0 radical (unpaired) electrons. The Bertz CT molecular complexity index is 1230. The zero-order chi connectivity index (χ0) is 23.3. The summed E-state index contributed by atoms with van der Waals surface area (Å²) in [6.45, 7) is 3.75. The SMILES string of the molecule is CCc1cccc(C)c1NC(=O)COc1ccc(S(=O)(=O)Nc2ccc(Cl)c(Cl)c2)cc1. The molecule has 3 aromatic rings. The van der Waals surface area contributed by atoms with Crippen molar-refractivity contribution in [3.63, 3.8) is 0 Å². The van der Waals surface area contributed by atoms with E-state index in [0.717, 1.165) is 23.2 Å². The Morgan fingerprint density at radius 2 is 1.72 bits per heavy atom. The van der Waals surface area contributed by atoms with Crippen LogP contribution in [0.4, 0.5) is 11.4 Å². The van der Waals surface area contributed by atoms with Crippen molar-refractivity contribution >= 4 is 50.5 Å². The first-order chi connectivity index (χ1) is 15.2. The fourth-order valence-corrected chi connectivity index (χ4v) is 4.36. The summed E-state index contributed by atoms with van der Waals surface area (Å²) >= 11 is 11.8. The van der Waals surface area contributed by atoms with Crippen LogP contribution in [-0.2, 0) is 21.2 Å². The Morgan fingerprint density at radius 1 is 1.00 bits per heavy atom. The van der Waals surface area contributed by atoms with Gasteiger partial charge in [0.15, 0.2) is 6.61 Å². The van der Waals surface area contributed by atoms with Gasteiger partial charge in [-0.25, -0.2) is 8.42 Å². The molecule has 3 aromatic carbocycles. The summed E-state index contributed by atoms with van der Waals surface area (Å²) in [5, 5.41) is 3.45. The molecular weight excluding hydrogens is 471 g/mol. The van der Waals surface area contributed by atoms with Crippen LogP contribution in [0.2, 0.25) is 10.0 Å². The molecule has 0 aliphatic heterocycles. The predicted molar refractivity (Wildman–Crippen MR) is 128 cm³/mol. The minimum Gasteiger partial charge on any atom is -0.484 e. The van der Waals surface area contributed by atoms with E-state index in [1.165, 1.54) is 42.5 Å². The zero-order valence-corrected chi connectivity index (χ0v) is 19.8. The maximum atomic E-state index is 12.6. The molecule has 0 atom stereocenters. The van der Waals surface area contributed by atoms with E-state index in [2.05, 4.69) is 10.0 Å². The van der Waals surface area contributed by atoms with Crippen LogP contribution in [0.1, 0.15) is 18.1 Å². The van der Waals surface area contributed by atoms with Crippen molar-refractivity contribution in [2.75, 3.05) is 16.6 Å². The quantitative estimate of drug-likeness (QED) is 0.423. The Morgan fingerprint density at radius 3 is 2.38 bits per heavy atom. The monoisotopic (exact) mass is 492 g/mol. The topological polar surface area (TPSA) is 84.5 Å². The molecule has 3 rings (SSSR count). The smallest absolute Gasteiger partial charge is 0.262 e. The fourth-order valence-electron chi connectivity index (χ4n) is 3.02. The average molecular weight is 493 g/mol. The van der Waals surface area contributed by atoms with Gasteiger partial charge in [-0.2, -0.15) is 0 Å². The minimum absolute atomic E-state index is 0.0351. The number of amides is 1. The summed E-state index contributed by atoms with van der Waals surface area (Å²) in [5.74, 6) is 0.0705. The third-order valence-corrected chi connectivity index (χ3v) is 6.82. The van der Waals surface area contributed by atoms with Crippen molar-refractivity contribution in [3.8, 4) is 5.75 Å². The molecule has 168 valence electrons. The number of ether oxygens (including phenoxy) is 1. The van der Waals surface area contributed by atoms with Gasteiger partial charge in [0.05, 0.1) is 20.6 Å². The molecule has 0 fully saturated rings. The van der Waals surface area contributed by atoms with Crippen molar-refractivity contribution in [2.24, 2.45) is 0 Å². The molecule has 0 unspecified atom stereocenters. The summed E-state index contributed by atoms with van der Waals surface area (Å²) < 4.78 is 33.1. The molecule has 0 aromatic heterocycles. The van der Waals surface area contributed by atoms with Gasteiger partial charge >= 0.3 is 0 Å². The van der Waals surface area contributed by atoms with Crippen molar-refractivity contribution < 1.29 is 17.9 Å². The molecule has 0 heterocycles. The van der Waals surface area contributed by atoms with E-state index >= 15 is 0 Å². The van der Waals surface area contributed by atoms with E-state index in [9.17, 15) is 13.2 Å². The normalized spacial score (nSPS) is 11.1. The highest BCUT2D eigenvalue weighted by atomic mass is 35.5. The lowest BCUT2D eigenvalue weighted by Gasteiger charge is -2.13. The second kappa shape index (κ2) is 10.3. The predicted octanol–water partition coefficient (Wildman–Crippen LogP) is 5.68. The molecular formula is C23H22Cl2N2O4S. The minimum atomic E-state index is -3.83. The lowest BCUT2D eigenvalue weighted by atomic mass is 10.1. The highest BCUT2D eigenvalue weighted by Gasteiger charge is 2.15. The largest absolute Gasteiger partial charge is 0.484 e. The molecule has 32 heavy (non-hydrogen) atoms. The molecule has 0 spiro atoms. The van der Waals surface area contributed by atoms with Gasteiger partial charge in [0.2, 0.25) is 0 Å². The summed E-state index contributed by atoms with van der Waals surface area (Å²) in [4.78, 5) is 12.4. The first-order valence-electron chi connectivity index (χ1n) is 9.78. The number of hydrogen-bond acceptors (Lipinski definition) is 4. The highest BCUT2D eigenvalue weighted by Crippen LogP contribution is 2.27. The number of benzene rings is 3. The number of anilines is 2. The number of hydrogen-bond donors (Lipinski definition) is 2. The lowest BCUT2D eigenvalue weighted by Crippen LogP contribution is -2.21. The number of para-hydroxylation sites is 1. The summed E-state index contributed by atoms with van der Waals surface area (Å²) in [6, 6.07) is 16.1. The van der Waals surface area contributed by atoms with E-state index in [-0.39, 0.29) is 22.4 Å². The highest BCUT2D eigenvalue weighted by molar-refractivity contribution is 7.92. The second-order valence-corrected chi connectivity index (χ2v) is 9.50. The van der Waals surface area contributed by atoms with Gasteiger partial charge < -0.3 is 10.1 Å². The van der Waals surface area contributed by atoms with E-state index in [4.69, 9.17) is 27.9 Å². The van der Waals surface area contributed by atoms with Crippen LogP contribution in [0.25, 0.3) is 0 Å². The van der Waals surface area contributed by atoms with Crippen LogP contribution in [-0.4, -0.2) is 20.9 Å². The van der Waals surface area contributed by atoms with Gasteiger partial charge in [0.1, 0.15) is 5.75 Å². The van der Waals surface area contributed by atoms with Crippen LogP contribution in [0.5, 0.6) is 5.75 Å². The third-order valence-electron chi connectivity index (χ3n) is 4.68. The Balaban J connectivity index is 1.62. The molecule has 9 heteroatoms. The number of carbonyl (C=O) groups is 1. The summed E-state index contributed by atoms with van der Waals surface area (Å²) in [6.07, 6.45) is 0.796. The Kier molecular flexibility index (Phi) is 7.66. The van der Waals surface area contributed by atoms with E-state index in [1.54, 1.807) is 0 Å². The zero-order valence-electron chi connectivity index (χ0n) is 17.5. The molecule has 0 aliphatic carbocycles. The average Bonchev–Trinajstić information content (AvgIpc) is 2.76. The Hall–Kier alpha value is -2.74. The first-order valence-corrected chi connectivity index (χ1v) is 12.0. The lowest BCUT2D eigenvalue weighted by molar-refractivity contribution is -0.118. The fraction of sp³-hybridized carbons (Fsp3) is 0.174. The number of carbonyl (C=O) groups excluding carboxylic acids is 1. The molecule has 0 saturated heterocycles. The van der Waals surface area contributed by atoms with Crippen LogP contribution in [0.3, 0.4) is 0 Å². The summed E-state index contributed by atoms with van der Waals surface area (Å²) in [5.41, 5.74) is 3.10. The number of aryl methyl sites for hydroxylation is 2. The van der Waals surface area contributed by atoms with Gasteiger partial charge in [-0.15, -0.1) is 0 Å². The molecule has 1 amide bonds. The van der Waals surface area contributed by atoms with Gasteiger partial charge in [-0.3, -0.25) is 9.52 Å². The van der Waals surface area contributed by atoms with Crippen LogP contribution < -0.4 is 14.8 Å². The van der Waals surface area contributed by atoms with Crippen molar-refractivity contribution in [3.05, 3.63) is 81.8 Å². The molecule has 0 bridgehead atoms. The number of nitrogens with one attached hydrogen (secondary N) is 2. The number of halogens is 2. The van der Waals surface area contributed by atoms with Crippen molar-refractivity contribution in [1.82, 2.24) is 0 Å². The maximum Gasteiger partial charge on any atom is 0.262 e. The number of sulfonamides is 1. The van der Waals surface area contributed by atoms with Crippen LogP contribution in [0, 0.1) is 6.92 Å². The van der Waals surface area contributed by atoms with Crippen LogP contribution in [0.15, 0.2) is 65.6 Å². The van der Waals surface area contributed by atoms with Gasteiger partial charge in [0, 0.05) is 5.69 Å². The maximum absolute atomic E-state index is 12.6. The van der Waals surface area contributed by atoms with Gasteiger partial charge in [-0.05, 0) is 66.9 Å². The van der Waals surface area contributed by atoms with Gasteiger partial charge in [0.25, 0.3) is 15.9 Å². The summed E-state index contributed by atoms with van der Waals surface area (Å²) in [7, 11) is -3.83. The van der Waals surface area contributed by atoms with Gasteiger partial charge in [-0.1, -0.05) is 48.3 Å². The molecule has 2 N–H and O–H groups in total. The van der Waals surface area contributed by atoms with Crippen LogP contribution >= 0.6 is 23.2 Å². The van der Waals surface area contributed by atoms with E-state index in [1.807, 2.05) is 32.0 Å². The molecule has 6 nitrogen and oxygen atoms in total. The first kappa shape index (κ1) is 23.9. The number of rotatable bonds is 8. The molecule has 0 aliphatic rings. The van der Waals surface area contributed by atoms with E-state index in [0.29, 0.717) is 16.5 Å². The van der Waals surface area contributed by atoms with Crippen molar-refractivity contribution in [2.45, 2.75) is 25.2 Å². The van der Waals surface area contributed by atoms with Crippen molar-refractivity contribution in [1.29, 1.82) is 0 Å². The third kappa shape index (κ3) is 5.94. The molecule has 0 saturated carbocycles.